The van der Waals surface area contributed by atoms with Crippen LogP contribution in [0.25, 0.3) is 10.8 Å². The Balaban J connectivity index is 1.97. The van der Waals surface area contributed by atoms with Crippen molar-refractivity contribution in [1.82, 2.24) is 0 Å². The standard InChI is InChI=1S/C18H13BrO2/c1-12-6-8-13(9-7-12)18(20)21-17-11-10-16(19)14-4-2-3-5-15(14)17/h2-11H,1H3. The number of hydrogen-bond donors (Lipinski definition) is 0. The Bertz CT molecular complexity index is 807. The van der Waals surface area contributed by atoms with E-state index in [0.717, 1.165) is 20.8 Å². The average molecular weight is 341 g/mol. The molecule has 0 bridgehead atoms. The van der Waals surface area contributed by atoms with Gasteiger partial charge in [-0.25, -0.2) is 4.79 Å². The zero-order chi connectivity index (χ0) is 14.8. The van der Waals surface area contributed by atoms with Gasteiger partial charge in [-0.2, -0.15) is 0 Å². The molecule has 0 atom stereocenters. The second-order valence-electron chi connectivity index (χ2n) is 4.85. The van der Waals surface area contributed by atoms with Crippen LogP contribution in [0.1, 0.15) is 15.9 Å². The van der Waals surface area contributed by atoms with Gasteiger partial charge in [0, 0.05) is 9.86 Å². The molecule has 0 unspecified atom stereocenters. The third-order valence-electron chi connectivity index (χ3n) is 3.32. The van der Waals surface area contributed by atoms with E-state index in [1.54, 1.807) is 18.2 Å². The maximum atomic E-state index is 12.2. The van der Waals surface area contributed by atoms with Crippen molar-refractivity contribution in [2.45, 2.75) is 6.92 Å². The monoisotopic (exact) mass is 340 g/mol. The van der Waals surface area contributed by atoms with Crippen LogP contribution in [0.5, 0.6) is 5.75 Å². The highest BCUT2D eigenvalue weighted by Crippen LogP contribution is 2.31. The van der Waals surface area contributed by atoms with Gasteiger partial charge in [0.25, 0.3) is 0 Å². The molecule has 0 spiro atoms. The Morgan fingerprint density at radius 3 is 2.29 bits per heavy atom. The number of ether oxygens (including phenoxy) is 1. The van der Waals surface area contributed by atoms with Gasteiger partial charge in [0.15, 0.2) is 0 Å². The molecule has 0 saturated heterocycles. The molecule has 3 aromatic carbocycles. The second kappa shape index (κ2) is 5.70. The van der Waals surface area contributed by atoms with Crippen LogP contribution in [-0.4, -0.2) is 5.97 Å². The Morgan fingerprint density at radius 1 is 0.905 bits per heavy atom. The summed E-state index contributed by atoms with van der Waals surface area (Å²) in [6.45, 7) is 1.98. The van der Waals surface area contributed by atoms with Crippen molar-refractivity contribution in [3.8, 4) is 5.75 Å². The zero-order valence-electron chi connectivity index (χ0n) is 11.5. The minimum Gasteiger partial charge on any atom is -0.422 e. The Hall–Kier alpha value is -2.13. The summed E-state index contributed by atoms with van der Waals surface area (Å²) in [4.78, 5) is 12.2. The molecule has 2 nitrogen and oxygen atoms in total. The van der Waals surface area contributed by atoms with Crippen LogP contribution in [0.15, 0.2) is 65.1 Å². The molecule has 3 rings (SSSR count). The number of carbonyl (C=O) groups excluding carboxylic acids is 1. The summed E-state index contributed by atoms with van der Waals surface area (Å²) >= 11 is 3.51. The largest absolute Gasteiger partial charge is 0.422 e. The van der Waals surface area contributed by atoms with Gasteiger partial charge in [-0.05, 0) is 36.6 Å². The Morgan fingerprint density at radius 2 is 1.57 bits per heavy atom. The fourth-order valence-corrected chi connectivity index (χ4v) is 2.65. The van der Waals surface area contributed by atoms with Crippen molar-refractivity contribution in [2.75, 3.05) is 0 Å². The van der Waals surface area contributed by atoms with Crippen LogP contribution in [0, 0.1) is 6.92 Å². The first kappa shape index (κ1) is 13.8. The summed E-state index contributed by atoms with van der Waals surface area (Å²) in [5.74, 6) is 0.224. The lowest BCUT2D eigenvalue weighted by molar-refractivity contribution is 0.0737. The summed E-state index contributed by atoms with van der Waals surface area (Å²) in [5, 5.41) is 1.93. The number of esters is 1. The second-order valence-corrected chi connectivity index (χ2v) is 5.70. The highest BCUT2D eigenvalue weighted by Gasteiger charge is 2.11. The van der Waals surface area contributed by atoms with E-state index in [4.69, 9.17) is 4.74 Å². The van der Waals surface area contributed by atoms with Crippen LogP contribution < -0.4 is 4.74 Å². The lowest BCUT2D eigenvalue weighted by Gasteiger charge is -2.09. The van der Waals surface area contributed by atoms with Crippen molar-refractivity contribution < 1.29 is 9.53 Å². The fourth-order valence-electron chi connectivity index (χ4n) is 2.17. The summed E-state index contributed by atoms with van der Waals surface area (Å²) in [7, 11) is 0. The molecule has 0 aliphatic rings. The van der Waals surface area contributed by atoms with E-state index in [-0.39, 0.29) is 5.97 Å². The molecule has 0 radical (unpaired) electrons. The van der Waals surface area contributed by atoms with Gasteiger partial charge in [0.05, 0.1) is 5.56 Å². The molecule has 3 aromatic rings. The zero-order valence-corrected chi connectivity index (χ0v) is 13.1. The summed E-state index contributed by atoms with van der Waals surface area (Å²) < 4.78 is 6.53. The molecule has 0 saturated carbocycles. The number of benzene rings is 3. The first-order valence-corrected chi connectivity index (χ1v) is 7.40. The van der Waals surface area contributed by atoms with E-state index in [0.29, 0.717) is 11.3 Å². The first-order chi connectivity index (χ1) is 10.1. The summed E-state index contributed by atoms with van der Waals surface area (Å²) in [6, 6.07) is 18.9. The molecule has 0 N–H and O–H groups in total. The SMILES string of the molecule is Cc1ccc(C(=O)Oc2ccc(Br)c3ccccc23)cc1. The molecule has 0 aliphatic heterocycles. The van der Waals surface area contributed by atoms with E-state index in [1.807, 2.05) is 49.4 Å². The van der Waals surface area contributed by atoms with Crippen LogP contribution in [0.2, 0.25) is 0 Å². The van der Waals surface area contributed by atoms with E-state index < -0.39 is 0 Å². The van der Waals surface area contributed by atoms with Gasteiger partial charge in [-0.1, -0.05) is 57.9 Å². The van der Waals surface area contributed by atoms with Gasteiger partial charge in [0.1, 0.15) is 5.75 Å². The number of aryl methyl sites for hydroxylation is 1. The lowest BCUT2D eigenvalue weighted by atomic mass is 10.1. The molecule has 0 aromatic heterocycles. The van der Waals surface area contributed by atoms with E-state index >= 15 is 0 Å². The van der Waals surface area contributed by atoms with E-state index in [9.17, 15) is 4.79 Å². The quantitative estimate of drug-likeness (QED) is 0.477. The molecule has 21 heavy (non-hydrogen) atoms. The number of carbonyl (C=O) groups is 1. The lowest BCUT2D eigenvalue weighted by Crippen LogP contribution is -2.08. The van der Waals surface area contributed by atoms with Crippen LogP contribution in [-0.2, 0) is 0 Å². The van der Waals surface area contributed by atoms with Gasteiger partial charge >= 0.3 is 5.97 Å². The van der Waals surface area contributed by atoms with E-state index in [1.165, 1.54) is 0 Å². The van der Waals surface area contributed by atoms with Gasteiger partial charge in [-0.15, -0.1) is 0 Å². The third-order valence-corrected chi connectivity index (χ3v) is 4.01. The highest BCUT2D eigenvalue weighted by molar-refractivity contribution is 9.10. The molecule has 3 heteroatoms. The van der Waals surface area contributed by atoms with Gasteiger partial charge in [-0.3, -0.25) is 0 Å². The number of halogens is 1. The smallest absolute Gasteiger partial charge is 0.343 e. The first-order valence-electron chi connectivity index (χ1n) is 6.61. The van der Waals surface area contributed by atoms with Crippen molar-refractivity contribution >= 4 is 32.7 Å². The van der Waals surface area contributed by atoms with Crippen molar-refractivity contribution in [1.29, 1.82) is 0 Å². The summed E-state index contributed by atoms with van der Waals surface area (Å²) in [5.41, 5.74) is 1.66. The van der Waals surface area contributed by atoms with Gasteiger partial charge < -0.3 is 4.74 Å². The van der Waals surface area contributed by atoms with Crippen LogP contribution in [0.3, 0.4) is 0 Å². The molecule has 0 fully saturated rings. The number of rotatable bonds is 2. The minimum atomic E-state index is -0.345. The van der Waals surface area contributed by atoms with Crippen LogP contribution in [0.4, 0.5) is 0 Å². The Kier molecular flexibility index (Phi) is 3.76. The van der Waals surface area contributed by atoms with E-state index in [2.05, 4.69) is 15.9 Å². The maximum Gasteiger partial charge on any atom is 0.343 e. The van der Waals surface area contributed by atoms with Crippen LogP contribution >= 0.6 is 15.9 Å². The third kappa shape index (κ3) is 2.83. The number of hydrogen-bond acceptors (Lipinski definition) is 2. The molecular formula is C18H13BrO2. The van der Waals surface area contributed by atoms with Gasteiger partial charge in [0.2, 0.25) is 0 Å². The summed E-state index contributed by atoms with van der Waals surface area (Å²) in [6.07, 6.45) is 0. The van der Waals surface area contributed by atoms with Crippen molar-refractivity contribution in [3.63, 3.8) is 0 Å². The molecule has 0 amide bonds. The number of fused-ring (bicyclic) bond motifs is 1. The fraction of sp³-hybridized carbons (Fsp3) is 0.0556. The highest BCUT2D eigenvalue weighted by atomic mass is 79.9. The molecule has 0 aliphatic carbocycles. The maximum absolute atomic E-state index is 12.2. The molecule has 0 heterocycles. The van der Waals surface area contributed by atoms with Crippen molar-refractivity contribution in [2.24, 2.45) is 0 Å². The topological polar surface area (TPSA) is 26.3 Å². The molecule has 104 valence electrons. The molecular weight excluding hydrogens is 328 g/mol. The normalized spacial score (nSPS) is 10.6. The predicted octanol–water partition coefficient (Wildman–Crippen LogP) is 5.13. The Labute approximate surface area is 131 Å². The minimum absolute atomic E-state index is 0.345. The average Bonchev–Trinajstić information content (AvgIpc) is 2.51. The van der Waals surface area contributed by atoms with Crippen molar-refractivity contribution in [3.05, 3.63) is 76.3 Å². The predicted molar refractivity (Wildman–Crippen MR) is 87.8 cm³/mol.